The zero-order chi connectivity index (χ0) is 17.4. The molecule has 0 radical (unpaired) electrons. The van der Waals surface area contributed by atoms with Gasteiger partial charge < -0.3 is 9.47 Å². The molecule has 2 aliphatic rings. The number of ether oxygens (including phenoxy) is 2. The average molecular weight is 322 g/mol. The second-order valence-corrected chi connectivity index (χ2v) is 7.88. The molecule has 0 heterocycles. The molecule has 1 unspecified atom stereocenters. The van der Waals surface area contributed by atoms with Gasteiger partial charge in [0.05, 0.1) is 0 Å². The molecule has 4 heteroatoms. The van der Waals surface area contributed by atoms with Gasteiger partial charge in [0, 0.05) is 25.7 Å². The molecular weight excluding hydrogens is 292 g/mol. The highest BCUT2D eigenvalue weighted by Crippen LogP contribution is 2.53. The van der Waals surface area contributed by atoms with Crippen LogP contribution in [0.3, 0.4) is 0 Å². The van der Waals surface area contributed by atoms with Crippen LogP contribution in [0.4, 0.5) is 0 Å². The molecule has 0 spiro atoms. The van der Waals surface area contributed by atoms with Crippen molar-refractivity contribution in [1.82, 2.24) is 0 Å². The van der Waals surface area contributed by atoms with Gasteiger partial charge in [-0.2, -0.15) is 0 Å². The first-order valence-electron chi connectivity index (χ1n) is 8.67. The molecule has 0 aromatic rings. The zero-order valence-corrected chi connectivity index (χ0v) is 15.3. The molecule has 0 aromatic heterocycles. The van der Waals surface area contributed by atoms with Crippen LogP contribution in [0.2, 0.25) is 0 Å². The quantitative estimate of drug-likeness (QED) is 0.581. The van der Waals surface area contributed by atoms with E-state index in [0.717, 1.165) is 25.7 Å². The first-order valence-corrected chi connectivity index (χ1v) is 8.67. The van der Waals surface area contributed by atoms with E-state index in [-0.39, 0.29) is 23.8 Å². The Kier molecular flexibility index (Phi) is 4.93. The van der Waals surface area contributed by atoms with Crippen LogP contribution in [0.1, 0.15) is 67.2 Å². The number of carbonyl (C=O) groups is 2. The van der Waals surface area contributed by atoms with Crippen molar-refractivity contribution in [2.45, 2.75) is 78.4 Å². The molecule has 0 N–H and O–H groups in total. The summed E-state index contributed by atoms with van der Waals surface area (Å²) >= 11 is 0. The third kappa shape index (κ3) is 3.61. The predicted octanol–water partition coefficient (Wildman–Crippen LogP) is 4.03. The van der Waals surface area contributed by atoms with E-state index in [4.69, 9.17) is 9.47 Å². The first kappa shape index (κ1) is 18.0. The van der Waals surface area contributed by atoms with Gasteiger partial charge in [0.15, 0.2) is 0 Å². The van der Waals surface area contributed by atoms with Gasteiger partial charge in [-0.3, -0.25) is 9.59 Å². The van der Waals surface area contributed by atoms with E-state index in [2.05, 4.69) is 19.9 Å². The zero-order valence-electron chi connectivity index (χ0n) is 15.3. The highest BCUT2D eigenvalue weighted by molar-refractivity contribution is 5.67. The lowest BCUT2D eigenvalue weighted by Crippen LogP contribution is -2.44. The maximum Gasteiger partial charge on any atom is 0.303 e. The fraction of sp³-hybridized carbons (Fsp3) is 0.789. The third-order valence-electron chi connectivity index (χ3n) is 5.67. The summed E-state index contributed by atoms with van der Waals surface area (Å²) in [6.45, 7) is 11.4. The Hall–Kier alpha value is -1.32. The minimum atomic E-state index is -0.512. The molecule has 0 saturated heterocycles. The SMILES string of the molecule is CC(=O)O[C@]1(C)CC[C@H]2C1C=C(C(C)C)CC[C@]2(C)OC(C)=O. The predicted molar refractivity (Wildman–Crippen MR) is 88.7 cm³/mol. The Morgan fingerprint density at radius 3 is 2.17 bits per heavy atom. The van der Waals surface area contributed by atoms with Gasteiger partial charge in [-0.25, -0.2) is 0 Å². The Morgan fingerprint density at radius 2 is 1.65 bits per heavy atom. The Morgan fingerprint density at radius 1 is 1.09 bits per heavy atom. The number of esters is 2. The third-order valence-corrected chi connectivity index (χ3v) is 5.67. The first-order chi connectivity index (χ1) is 10.6. The van der Waals surface area contributed by atoms with Crippen LogP contribution in [0.5, 0.6) is 0 Å². The summed E-state index contributed by atoms with van der Waals surface area (Å²) in [5.74, 6) is 0.242. The molecule has 0 aliphatic heterocycles. The van der Waals surface area contributed by atoms with Crippen LogP contribution in [0, 0.1) is 17.8 Å². The van der Waals surface area contributed by atoms with Crippen molar-refractivity contribution < 1.29 is 19.1 Å². The summed E-state index contributed by atoms with van der Waals surface area (Å²) in [7, 11) is 0. The number of allylic oxidation sites excluding steroid dienone is 1. The number of hydrogen-bond donors (Lipinski definition) is 0. The van der Waals surface area contributed by atoms with E-state index < -0.39 is 11.2 Å². The second-order valence-electron chi connectivity index (χ2n) is 7.88. The van der Waals surface area contributed by atoms with Crippen LogP contribution in [-0.2, 0) is 19.1 Å². The highest BCUT2D eigenvalue weighted by Gasteiger charge is 2.55. The maximum absolute atomic E-state index is 11.6. The molecule has 4 atom stereocenters. The van der Waals surface area contributed by atoms with E-state index in [0.29, 0.717) is 5.92 Å². The molecule has 1 fully saturated rings. The smallest absolute Gasteiger partial charge is 0.303 e. The van der Waals surface area contributed by atoms with E-state index in [1.807, 2.05) is 13.8 Å². The van der Waals surface area contributed by atoms with Gasteiger partial charge in [0.2, 0.25) is 0 Å². The van der Waals surface area contributed by atoms with Crippen LogP contribution >= 0.6 is 0 Å². The number of carbonyl (C=O) groups excluding carboxylic acids is 2. The van der Waals surface area contributed by atoms with Gasteiger partial charge in [0.1, 0.15) is 11.2 Å². The fourth-order valence-electron chi connectivity index (χ4n) is 4.47. The van der Waals surface area contributed by atoms with E-state index >= 15 is 0 Å². The van der Waals surface area contributed by atoms with Gasteiger partial charge >= 0.3 is 11.9 Å². The van der Waals surface area contributed by atoms with Crippen LogP contribution < -0.4 is 0 Å². The summed E-state index contributed by atoms with van der Waals surface area (Å²) in [6.07, 6.45) is 5.76. The molecule has 2 rings (SSSR count). The molecular formula is C19H30O4. The van der Waals surface area contributed by atoms with Crippen molar-refractivity contribution in [3.8, 4) is 0 Å². The lowest BCUT2D eigenvalue weighted by molar-refractivity contribution is -0.169. The topological polar surface area (TPSA) is 52.6 Å². The van der Waals surface area contributed by atoms with Crippen LogP contribution in [0.25, 0.3) is 0 Å². The molecule has 2 aliphatic carbocycles. The van der Waals surface area contributed by atoms with Crippen LogP contribution in [-0.4, -0.2) is 23.1 Å². The largest absolute Gasteiger partial charge is 0.459 e. The number of hydrogen-bond acceptors (Lipinski definition) is 4. The fourth-order valence-corrected chi connectivity index (χ4v) is 4.47. The molecule has 23 heavy (non-hydrogen) atoms. The summed E-state index contributed by atoms with van der Waals surface area (Å²) in [5.41, 5.74) is 0.361. The molecule has 4 nitrogen and oxygen atoms in total. The molecule has 0 aromatic carbocycles. The van der Waals surface area contributed by atoms with E-state index in [1.54, 1.807) is 0 Å². The van der Waals surface area contributed by atoms with Crippen LogP contribution in [0.15, 0.2) is 11.6 Å². The molecule has 130 valence electrons. The monoisotopic (exact) mass is 322 g/mol. The van der Waals surface area contributed by atoms with Gasteiger partial charge in [0.25, 0.3) is 0 Å². The minimum Gasteiger partial charge on any atom is -0.459 e. The van der Waals surface area contributed by atoms with Gasteiger partial charge in [-0.15, -0.1) is 0 Å². The minimum absolute atomic E-state index is 0.0932. The summed E-state index contributed by atoms with van der Waals surface area (Å²) in [5, 5.41) is 0. The number of fused-ring (bicyclic) bond motifs is 1. The van der Waals surface area contributed by atoms with Crippen molar-refractivity contribution in [1.29, 1.82) is 0 Å². The van der Waals surface area contributed by atoms with Crippen molar-refractivity contribution >= 4 is 11.9 Å². The Labute approximate surface area is 139 Å². The van der Waals surface area contributed by atoms with Crippen molar-refractivity contribution in [3.05, 3.63) is 11.6 Å². The van der Waals surface area contributed by atoms with Gasteiger partial charge in [-0.05, 0) is 45.4 Å². The second kappa shape index (κ2) is 6.29. The molecule has 0 bridgehead atoms. The highest BCUT2D eigenvalue weighted by atomic mass is 16.6. The normalized spacial score (nSPS) is 36.9. The van der Waals surface area contributed by atoms with E-state index in [1.165, 1.54) is 19.4 Å². The summed E-state index contributed by atoms with van der Waals surface area (Å²) in [6, 6.07) is 0. The van der Waals surface area contributed by atoms with Gasteiger partial charge in [-0.1, -0.05) is 25.5 Å². The number of rotatable bonds is 3. The Bertz CT molecular complexity index is 521. The summed E-state index contributed by atoms with van der Waals surface area (Å²) < 4.78 is 11.5. The lowest BCUT2D eigenvalue weighted by atomic mass is 9.77. The van der Waals surface area contributed by atoms with Crippen molar-refractivity contribution in [3.63, 3.8) is 0 Å². The average Bonchev–Trinajstić information content (AvgIpc) is 2.60. The molecule has 0 amide bonds. The maximum atomic E-state index is 11.6. The lowest BCUT2D eigenvalue weighted by Gasteiger charge is -2.39. The summed E-state index contributed by atoms with van der Waals surface area (Å²) in [4.78, 5) is 23.2. The molecule has 1 saturated carbocycles. The Balaban J connectivity index is 2.43. The standard InChI is InChI=1S/C19H30O4/c1-12(2)15-7-9-18(5,22-13(3)20)16-8-10-19(6,17(16)11-15)23-14(4)21/h11-12,16-17H,7-10H2,1-6H3/t16-,17?,18-,19+/m0/s1. The van der Waals surface area contributed by atoms with E-state index in [9.17, 15) is 9.59 Å². The van der Waals surface area contributed by atoms with Crippen molar-refractivity contribution in [2.24, 2.45) is 17.8 Å². The van der Waals surface area contributed by atoms with Crippen molar-refractivity contribution in [2.75, 3.05) is 0 Å².